The van der Waals surface area contributed by atoms with E-state index in [0.29, 0.717) is 5.56 Å². The lowest BCUT2D eigenvalue weighted by molar-refractivity contribution is 0.0993. The van der Waals surface area contributed by atoms with Gasteiger partial charge in [0.25, 0.3) is 5.91 Å². The van der Waals surface area contributed by atoms with Crippen molar-refractivity contribution in [3.63, 3.8) is 0 Å². The molecule has 0 spiro atoms. The van der Waals surface area contributed by atoms with E-state index >= 15 is 0 Å². The molecular formula is C23H23N3O. The number of carbonyl (C=O) groups is 1. The van der Waals surface area contributed by atoms with E-state index in [1.165, 1.54) is 5.56 Å². The molecule has 1 aromatic heterocycles. The minimum absolute atomic E-state index is 0.0260. The summed E-state index contributed by atoms with van der Waals surface area (Å²) in [7, 11) is 0. The molecule has 0 radical (unpaired) electrons. The molecule has 136 valence electrons. The quantitative estimate of drug-likeness (QED) is 0.710. The Morgan fingerprint density at radius 3 is 2.26 bits per heavy atom. The molecule has 1 N–H and O–H groups in total. The zero-order chi connectivity index (χ0) is 19.1. The van der Waals surface area contributed by atoms with Crippen molar-refractivity contribution < 1.29 is 4.79 Å². The Morgan fingerprint density at radius 1 is 0.926 bits per heavy atom. The average molecular weight is 357 g/mol. The van der Waals surface area contributed by atoms with Gasteiger partial charge in [-0.15, -0.1) is 0 Å². The summed E-state index contributed by atoms with van der Waals surface area (Å²) in [6, 6.07) is 16.0. The molecule has 2 heterocycles. The SMILES string of the molecule is Cc1ccc(N2C(=O)c3cccnc3C2Nc2c(C)cc(C)cc2C)cc1. The van der Waals surface area contributed by atoms with E-state index in [-0.39, 0.29) is 12.1 Å². The lowest BCUT2D eigenvalue weighted by Crippen LogP contribution is -2.32. The zero-order valence-corrected chi connectivity index (χ0v) is 16.1. The molecule has 2 aromatic carbocycles. The molecular weight excluding hydrogens is 334 g/mol. The second-order valence-corrected chi connectivity index (χ2v) is 7.27. The summed E-state index contributed by atoms with van der Waals surface area (Å²) >= 11 is 0. The monoisotopic (exact) mass is 357 g/mol. The number of benzene rings is 2. The van der Waals surface area contributed by atoms with Crippen LogP contribution in [0.25, 0.3) is 0 Å². The molecule has 1 amide bonds. The van der Waals surface area contributed by atoms with Crippen molar-refractivity contribution in [2.24, 2.45) is 0 Å². The van der Waals surface area contributed by atoms with E-state index in [2.05, 4.69) is 43.2 Å². The van der Waals surface area contributed by atoms with Crippen molar-refractivity contribution in [3.8, 4) is 0 Å². The molecule has 27 heavy (non-hydrogen) atoms. The summed E-state index contributed by atoms with van der Waals surface area (Å²) in [6.45, 7) is 8.32. The summed E-state index contributed by atoms with van der Waals surface area (Å²) in [4.78, 5) is 19.5. The van der Waals surface area contributed by atoms with E-state index in [0.717, 1.165) is 33.8 Å². The molecule has 0 saturated carbocycles. The zero-order valence-electron chi connectivity index (χ0n) is 16.1. The number of rotatable bonds is 3. The Bertz CT molecular complexity index is 1000. The van der Waals surface area contributed by atoms with Gasteiger partial charge in [0.15, 0.2) is 6.17 Å². The third-order valence-corrected chi connectivity index (χ3v) is 5.08. The van der Waals surface area contributed by atoms with Crippen molar-refractivity contribution in [1.29, 1.82) is 0 Å². The van der Waals surface area contributed by atoms with Gasteiger partial charge < -0.3 is 5.32 Å². The highest BCUT2D eigenvalue weighted by Crippen LogP contribution is 2.38. The van der Waals surface area contributed by atoms with Gasteiger partial charge in [-0.2, -0.15) is 0 Å². The van der Waals surface area contributed by atoms with Crippen LogP contribution in [0.15, 0.2) is 54.7 Å². The summed E-state index contributed by atoms with van der Waals surface area (Å²) in [5.74, 6) is -0.0260. The van der Waals surface area contributed by atoms with Gasteiger partial charge in [-0.25, -0.2) is 0 Å². The van der Waals surface area contributed by atoms with Crippen LogP contribution in [0.1, 0.15) is 44.5 Å². The molecule has 0 bridgehead atoms. The third-order valence-electron chi connectivity index (χ3n) is 5.08. The van der Waals surface area contributed by atoms with Gasteiger partial charge in [-0.05, 0) is 63.1 Å². The molecule has 1 atom stereocenters. The number of pyridine rings is 1. The number of aryl methyl sites for hydroxylation is 4. The van der Waals surface area contributed by atoms with Crippen LogP contribution in [0, 0.1) is 27.7 Å². The number of hydrogen-bond donors (Lipinski definition) is 1. The fraction of sp³-hybridized carbons (Fsp3) is 0.217. The number of nitrogens with zero attached hydrogens (tertiary/aromatic N) is 2. The standard InChI is InChI=1S/C23H23N3O/c1-14-7-9-18(10-8-14)26-22(21-19(23(26)27)6-5-11-24-21)25-20-16(3)12-15(2)13-17(20)4/h5-13,22,25H,1-4H3. The fourth-order valence-electron chi connectivity index (χ4n) is 3.83. The van der Waals surface area contributed by atoms with Crippen LogP contribution in [0.3, 0.4) is 0 Å². The summed E-state index contributed by atoms with van der Waals surface area (Å²) in [5, 5.41) is 3.60. The van der Waals surface area contributed by atoms with Crippen LogP contribution in [0.4, 0.5) is 11.4 Å². The van der Waals surface area contributed by atoms with Crippen LogP contribution >= 0.6 is 0 Å². The average Bonchev–Trinajstić information content (AvgIpc) is 2.91. The molecule has 4 rings (SSSR count). The first-order valence-corrected chi connectivity index (χ1v) is 9.15. The first kappa shape index (κ1) is 17.3. The number of aromatic nitrogens is 1. The predicted molar refractivity (Wildman–Crippen MR) is 109 cm³/mol. The van der Waals surface area contributed by atoms with Crippen molar-refractivity contribution >= 4 is 17.3 Å². The van der Waals surface area contributed by atoms with Crippen LogP contribution in [-0.4, -0.2) is 10.9 Å². The van der Waals surface area contributed by atoms with Gasteiger partial charge >= 0.3 is 0 Å². The third kappa shape index (κ3) is 2.97. The minimum atomic E-state index is -0.337. The van der Waals surface area contributed by atoms with Gasteiger partial charge in [-0.1, -0.05) is 35.4 Å². The minimum Gasteiger partial charge on any atom is -0.359 e. The number of amides is 1. The molecule has 1 aliphatic heterocycles. The summed E-state index contributed by atoms with van der Waals surface area (Å²) < 4.78 is 0. The molecule has 3 aromatic rings. The van der Waals surface area contributed by atoms with Crippen LogP contribution < -0.4 is 10.2 Å². The highest BCUT2D eigenvalue weighted by atomic mass is 16.2. The lowest BCUT2D eigenvalue weighted by atomic mass is 10.0. The summed E-state index contributed by atoms with van der Waals surface area (Å²) in [6.07, 6.45) is 1.41. The van der Waals surface area contributed by atoms with Crippen LogP contribution in [0.2, 0.25) is 0 Å². The smallest absolute Gasteiger partial charge is 0.262 e. The second kappa shape index (κ2) is 6.54. The summed E-state index contributed by atoms with van der Waals surface area (Å²) in [5.41, 5.74) is 8.04. The molecule has 1 unspecified atom stereocenters. The maximum absolute atomic E-state index is 13.2. The lowest BCUT2D eigenvalue weighted by Gasteiger charge is -2.28. The first-order chi connectivity index (χ1) is 13.0. The van der Waals surface area contributed by atoms with Crippen LogP contribution in [0.5, 0.6) is 0 Å². The Balaban J connectivity index is 1.82. The molecule has 0 fully saturated rings. The van der Waals surface area contributed by atoms with E-state index in [9.17, 15) is 4.79 Å². The molecule has 4 nitrogen and oxygen atoms in total. The Labute approximate surface area is 159 Å². The largest absolute Gasteiger partial charge is 0.359 e. The molecule has 0 saturated heterocycles. The van der Waals surface area contributed by atoms with Crippen LogP contribution in [-0.2, 0) is 0 Å². The van der Waals surface area contributed by atoms with Crippen molar-refractivity contribution in [2.75, 3.05) is 10.2 Å². The maximum atomic E-state index is 13.2. The molecule has 4 heteroatoms. The maximum Gasteiger partial charge on any atom is 0.262 e. The fourth-order valence-corrected chi connectivity index (χ4v) is 3.83. The first-order valence-electron chi connectivity index (χ1n) is 9.15. The van der Waals surface area contributed by atoms with E-state index < -0.39 is 0 Å². The topological polar surface area (TPSA) is 45.2 Å². The number of fused-ring (bicyclic) bond motifs is 1. The normalized spacial score (nSPS) is 15.8. The number of hydrogen-bond acceptors (Lipinski definition) is 3. The van der Waals surface area contributed by atoms with Gasteiger partial charge in [0.2, 0.25) is 0 Å². The molecule has 0 aliphatic carbocycles. The van der Waals surface area contributed by atoms with E-state index in [4.69, 9.17) is 0 Å². The second-order valence-electron chi connectivity index (χ2n) is 7.27. The van der Waals surface area contributed by atoms with Gasteiger partial charge in [0.1, 0.15) is 0 Å². The number of carbonyl (C=O) groups excluding carboxylic acids is 1. The predicted octanol–water partition coefficient (Wildman–Crippen LogP) is 5.09. The van der Waals surface area contributed by atoms with E-state index in [1.807, 2.05) is 43.3 Å². The van der Waals surface area contributed by atoms with E-state index in [1.54, 1.807) is 11.1 Å². The highest BCUT2D eigenvalue weighted by molar-refractivity contribution is 6.11. The Morgan fingerprint density at radius 2 is 1.59 bits per heavy atom. The Kier molecular flexibility index (Phi) is 4.19. The van der Waals surface area contributed by atoms with Crippen molar-refractivity contribution in [3.05, 3.63) is 88.2 Å². The van der Waals surface area contributed by atoms with Gasteiger partial charge in [0, 0.05) is 17.6 Å². The number of nitrogens with one attached hydrogen (secondary N) is 1. The van der Waals surface area contributed by atoms with Crippen molar-refractivity contribution in [2.45, 2.75) is 33.9 Å². The van der Waals surface area contributed by atoms with Gasteiger partial charge in [0.05, 0.1) is 11.3 Å². The molecule has 1 aliphatic rings. The number of anilines is 2. The van der Waals surface area contributed by atoms with Gasteiger partial charge in [-0.3, -0.25) is 14.7 Å². The highest BCUT2D eigenvalue weighted by Gasteiger charge is 2.39. The Hall–Kier alpha value is -3.14. The van der Waals surface area contributed by atoms with Crippen molar-refractivity contribution in [1.82, 2.24) is 4.98 Å².